The molecule has 0 amide bonds. The summed E-state index contributed by atoms with van der Waals surface area (Å²) in [5.41, 5.74) is 4.74. The van der Waals surface area contributed by atoms with Crippen LogP contribution in [-0.2, 0) is 17.7 Å². The standard InChI is InChI=1S/C35H46N8O2S/c1-24-7-4-8-25-9-5-11-31(32(24)25)42-18-13-28-30(22-42)38-34(45-23-27-10-6-17-41(27)2)40-33(28)43-19-14-29(26(21-43)12-15-36)39-35(46)37-16-20-44-3/h4-5,7-9,11,26-27,29H,6,10,12-14,16-23H2,1-3H3,(H2,37,39,46)/t26-,27-,29-/m0/s1. The van der Waals surface area contributed by atoms with E-state index in [2.05, 4.69) is 81.8 Å². The molecule has 3 atom stereocenters. The Balaban J connectivity index is 1.27. The van der Waals surface area contributed by atoms with Crippen LogP contribution >= 0.6 is 12.2 Å². The van der Waals surface area contributed by atoms with Gasteiger partial charge in [0.25, 0.3) is 0 Å². The number of nitrogens with one attached hydrogen (secondary N) is 2. The van der Waals surface area contributed by atoms with Gasteiger partial charge in [0.05, 0.1) is 24.9 Å². The topological polar surface area (TPSA) is 102 Å². The Bertz CT molecular complexity index is 1570. The molecule has 0 bridgehead atoms. The van der Waals surface area contributed by atoms with Crippen molar-refractivity contribution >= 4 is 39.6 Å². The lowest BCUT2D eigenvalue weighted by Crippen LogP contribution is -2.53. The number of nitriles is 1. The van der Waals surface area contributed by atoms with Gasteiger partial charge in [0.2, 0.25) is 0 Å². The number of ether oxygens (including phenoxy) is 2. The zero-order valence-corrected chi connectivity index (χ0v) is 28.1. The molecule has 244 valence electrons. The second kappa shape index (κ2) is 14.8. The Kier molecular flexibility index (Phi) is 10.4. The maximum Gasteiger partial charge on any atom is 0.318 e. The number of methoxy groups -OCH3 is 1. The Morgan fingerprint density at radius 2 is 1.96 bits per heavy atom. The van der Waals surface area contributed by atoms with E-state index in [9.17, 15) is 5.26 Å². The van der Waals surface area contributed by atoms with Crippen LogP contribution in [-0.4, -0.2) is 92.2 Å². The third kappa shape index (κ3) is 7.14. The number of aromatic nitrogens is 2. The van der Waals surface area contributed by atoms with Crippen LogP contribution in [0.5, 0.6) is 6.01 Å². The van der Waals surface area contributed by atoms with Crippen LogP contribution in [0.4, 0.5) is 11.5 Å². The molecule has 2 N–H and O–H groups in total. The molecule has 3 aliphatic heterocycles. The number of fused-ring (bicyclic) bond motifs is 2. The fourth-order valence-corrected chi connectivity index (χ4v) is 7.53. The van der Waals surface area contributed by atoms with Crippen LogP contribution < -0.4 is 25.2 Å². The molecule has 2 fully saturated rings. The molecule has 3 aromatic rings. The summed E-state index contributed by atoms with van der Waals surface area (Å²) in [6.45, 7) is 8.19. The van der Waals surface area contributed by atoms with E-state index in [4.69, 9.17) is 31.7 Å². The van der Waals surface area contributed by atoms with E-state index in [1.165, 1.54) is 34.0 Å². The molecule has 2 aromatic carbocycles. The van der Waals surface area contributed by atoms with Crippen molar-refractivity contribution in [1.82, 2.24) is 25.5 Å². The average molecular weight is 643 g/mol. The Labute approximate surface area is 278 Å². The molecule has 10 nitrogen and oxygen atoms in total. The second-order valence-electron chi connectivity index (χ2n) is 12.8. The van der Waals surface area contributed by atoms with Crippen LogP contribution in [0.1, 0.15) is 42.5 Å². The highest BCUT2D eigenvalue weighted by Crippen LogP contribution is 2.36. The number of likely N-dealkylation sites (tertiary alicyclic amines) is 1. The van der Waals surface area contributed by atoms with E-state index >= 15 is 0 Å². The van der Waals surface area contributed by atoms with E-state index in [-0.39, 0.29) is 12.0 Å². The van der Waals surface area contributed by atoms with Gasteiger partial charge in [-0.15, -0.1) is 0 Å². The first kappa shape index (κ1) is 32.2. The molecule has 0 saturated carbocycles. The number of benzene rings is 2. The summed E-state index contributed by atoms with van der Waals surface area (Å²) < 4.78 is 11.5. The largest absolute Gasteiger partial charge is 0.462 e. The molecule has 3 aliphatic rings. The quantitative estimate of drug-likeness (QED) is 0.246. The fourth-order valence-electron chi connectivity index (χ4n) is 7.27. The zero-order chi connectivity index (χ0) is 32.0. The molecule has 1 aromatic heterocycles. The third-order valence-electron chi connectivity index (χ3n) is 9.83. The normalized spacial score (nSPS) is 21.6. The summed E-state index contributed by atoms with van der Waals surface area (Å²) >= 11 is 5.56. The van der Waals surface area contributed by atoms with Crippen molar-refractivity contribution in [3.8, 4) is 12.1 Å². The van der Waals surface area contributed by atoms with Gasteiger partial charge in [-0.05, 0) is 75.4 Å². The Morgan fingerprint density at radius 3 is 2.74 bits per heavy atom. The molecule has 2 saturated heterocycles. The van der Waals surface area contributed by atoms with Crippen molar-refractivity contribution in [2.24, 2.45) is 5.92 Å². The number of aryl methyl sites for hydroxylation is 1. The van der Waals surface area contributed by atoms with Gasteiger partial charge in [0.1, 0.15) is 12.4 Å². The highest BCUT2D eigenvalue weighted by atomic mass is 32.1. The van der Waals surface area contributed by atoms with Crippen LogP contribution in [0.3, 0.4) is 0 Å². The maximum absolute atomic E-state index is 9.75. The summed E-state index contributed by atoms with van der Waals surface area (Å²) in [6, 6.07) is 16.4. The summed E-state index contributed by atoms with van der Waals surface area (Å²) in [4.78, 5) is 17.3. The molecular formula is C35H46N8O2S. The van der Waals surface area contributed by atoms with Gasteiger partial charge in [-0.3, -0.25) is 0 Å². The minimum Gasteiger partial charge on any atom is -0.462 e. The summed E-state index contributed by atoms with van der Waals surface area (Å²) in [6.07, 6.45) is 4.44. The minimum absolute atomic E-state index is 0.0989. The van der Waals surface area contributed by atoms with Gasteiger partial charge < -0.3 is 34.8 Å². The van der Waals surface area contributed by atoms with Gasteiger partial charge in [-0.1, -0.05) is 30.3 Å². The van der Waals surface area contributed by atoms with Gasteiger partial charge in [0, 0.05) is 74.3 Å². The van der Waals surface area contributed by atoms with E-state index in [0.29, 0.717) is 56.4 Å². The van der Waals surface area contributed by atoms with E-state index in [0.717, 1.165) is 50.4 Å². The van der Waals surface area contributed by atoms with Gasteiger partial charge in [-0.25, -0.2) is 0 Å². The lowest BCUT2D eigenvalue weighted by atomic mass is 9.89. The van der Waals surface area contributed by atoms with Crippen molar-refractivity contribution < 1.29 is 9.47 Å². The van der Waals surface area contributed by atoms with Crippen molar-refractivity contribution in [2.45, 2.75) is 57.7 Å². The number of piperidine rings is 1. The second-order valence-corrected chi connectivity index (χ2v) is 13.2. The predicted octanol–water partition coefficient (Wildman–Crippen LogP) is 4.19. The van der Waals surface area contributed by atoms with Crippen molar-refractivity contribution in [1.29, 1.82) is 5.26 Å². The van der Waals surface area contributed by atoms with Crippen LogP contribution in [0.2, 0.25) is 0 Å². The molecule has 11 heteroatoms. The van der Waals surface area contributed by atoms with Crippen molar-refractivity contribution in [3.63, 3.8) is 0 Å². The summed E-state index contributed by atoms with van der Waals surface area (Å²) in [5.74, 6) is 1.05. The van der Waals surface area contributed by atoms with E-state index < -0.39 is 0 Å². The molecule has 4 heterocycles. The number of thiocarbonyl (C=S) groups is 1. The Morgan fingerprint density at radius 1 is 1.11 bits per heavy atom. The highest BCUT2D eigenvalue weighted by molar-refractivity contribution is 7.80. The molecular weight excluding hydrogens is 597 g/mol. The first-order valence-corrected chi connectivity index (χ1v) is 17.0. The monoisotopic (exact) mass is 642 g/mol. The fraction of sp³-hybridized carbons (Fsp3) is 0.543. The lowest BCUT2D eigenvalue weighted by Gasteiger charge is -2.41. The van der Waals surface area contributed by atoms with Crippen molar-refractivity contribution in [3.05, 3.63) is 53.2 Å². The minimum atomic E-state index is 0.0989. The summed E-state index contributed by atoms with van der Waals surface area (Å²) in [5, 5.41) is 19.6. The number of nitrogens with zero attached hydrogens (tertiary/aromatic N) is 6. The number of hydrogen-bond donors (Lipinski definition) is 2. The number of rotatable bonds is 10. The molecule has 0 spiro atoms. The van der Waals surface area contributed by atoms with E-state index in [1.807, 2.05) is 0 Å². The zero-order valence-electron chi connectivity index (χ0n) is 27.3. The van der Waals surface area contributed by atoms with Gasteiger partial charge in [-0.2, -0.15) is 15.2 Å². The lowest BCUT2D eigenvalue weighted by molar-refractivity contribution is 0.187. The van der Waals surface area contributed by atoms with Gasteiger partial charge in [0.15, 0.2) is 5.11 Å². The SMILES string of the molecule is COCCNC(=S)N[C@H]1CCN(c2nc(OC[C@@H]3CCCN3C)nc3c2CCN(c2cccc4cccc(C)c24)C3)C[C@@H]1CC#N. The first-order chi connectivity index (χ1) is 22.4. The summed E-state index contributed by atoms with van der Waals surface area (Å²) in [7, 11) is 3.84. The van der Waals surface area contributed by atoms with Gasteiger partial charge >= 0.3 is 6.01 Å². The molecule has 46 heavy (non-hydrogen) atoms. The van der Waals surface area contributed by atoms with Crippen LogP contribution in [0.25, 0.3) is 10.8 Å². The first-order valence-electron chi connectivity index (χ1n) is 16.6. The van der Waals surface area contributed by atoms with Crippen LogP contribution in [0.15, 0.2) is 36.4 Å². The predicted molar refractivity (Wildman–Crippen MR) is 187 cm³/mol. The molecule has 6 rings (SSSR count). The Hall–Kier alpha value is -3.72. The number of anilines is 2. The highest BCUT2D eigenvalue weighted by Gasteiger charge is 2.34. The average Bonchev–Trinajstić information content (AvgIpc) is 3.48. The maximum atomic E-state index is 9.75. The molecule has 0 radical (unpaired) electrons. The molecule has 0 aliphatic carbocycles. The van der Waals surface area contributed by atoms with Crippen LogP contribution in [0, 0.1) is 24.2 Å². The van der Waals surface area contributed by atoms with Crippen molar-refractivity contribution in [2.75, 3.05) is 69.9 Å². The smallest absolute Gasteiger partial charge is 0.318 e. The van der Waals surface area contributed by atoms with E-state index in [1.54, 1.807) is 7.11 Å². The number of hydrogen-bond acceptors (Lipinski definition) is 9. The number of likely N-dealkylation sites (N-methyl/N-ethyl adjacent to an activating group) is 1. The molecule has 0 unspecified atom stereocenters. The third-order valence-corrected chi connectivity index (χ3v) is 10.1.